The molecule has 1 fully saturated rings. The van der Waals surface area contributed by atoms with Crippen LogP contribution in [-0.2, 0) is 6.54 Å². The van der Waals surface area contributed by atoms with Crippen molar-refractivity contribution in [1.82, 2.24) is 9.88 Å². The van der Waals surface area contributed by atoms with Crippen LogP contribution >= 0.6 is 0 Å². The minimum atomic E-state index is -0.341. The second-order valence-corrected chi connectivity index (χ2v) is 5.49. The lowest BCUT2D eigenvalue weighted by molar-refractivity contribution is -0.384. The van der Waals surface area contributed by atoms with Crippen LogP contribution in [0.3, 0.4) is 0 Å². The highest BCUT2D eigenvalue weighted by Gasteiger charge is 2.14. The van der Waals surface area contributed by atoms with E-state index in [1.165, 1.54) is 19.3 Å². The standard InChI is InChI=1S/C15H19N3O2/c19-18(20)14-1-2-15-13(11-14)6-10-17(15)9-5-12-3-7-16-8-4-12/h1-2,6,10-12,16H,3-5,7-9H2. The Morgan fingerprint density at radius 2 is 2.10 bits per heavy atom. The average Bonchev–Trinajstić information content (AvgIpc) is 2.88. The summed E-state index contributed by atoms with van der Waals surface area (Å²) in [6, 6.07) is 7.06. The van der Waals surface area contributed by atoms with Crippen molar-refractivity contribution in [2.75, 3.05) is 13.1 Å². The molecule has 3 rings (SSSR count). The molecule has 1 aromatic carbocycles. The Hall–Kier alpha value is -1.88. The molecule has 2 aromatic rings. The van der Waals surface area contributed by atoms with Crippen molar-refractivity contribution in [3.05, 3.63) is 40.6 Å². The van der Waals surface area contributed by atoms with Crippen molar-refractivity contribution in [1.29, 1.82) is 0 Å². The molecule has 1 aromatic heterocycles. The lowest BCUT2D eigenvalue weighted by atomic mass is 9.95. The van der Waals surface area contributed by atoms with Gasteiger partial charge in [-0.25, -0.2) is 0 Å². The minimum absolute atomic E-state index is 0.161. The van der Waals surface area contributed by atoms with E-state index in [4.69, 9.17) is 0 Å². The zero-order chi connectivity index (χ0) is 13.9. The third-order valence-corrected chi connectivity index (χ3v) is 4.20. The Labute approximate surface area is 117 Å². The molecule has 0 amide bonds. The average molecular weight is 273 g/mol. The fourth-order valence-electron chi connectivity index (χ4n) is 2.99. The van der Waals surface area contributed by atoms with Crippen LogP contribution in [0.15, 0.2) is 30.5 Å². The van der Waals surface area contributed by atoms with E-state index in [0.717, 1.165) is 36.5 Å². The van der Waals surface area contributed by atoms with Gasteiger partial charge in [-0.2, -0.15) is 0 Å². The number of nitrogens with one attached hydrogen (secondary N) is 1. The molecule has 0 aliphatic carbocycles. The van der Waals surface area contributed by atoms with Crippen LogP contribution in [0, 0.1) is 16.0 Å². The van der Waals surface area contributed by atoms with E-state index in [0.29, 0.717) is 0 Å². The summed E-state index contributed by atoms with van der Waals surface area (Å²) in [6.45, 7) is 3.25. The first kappa shape index (κ1) is 13.1. The fraction of sp³-hybridized carbons (Fsp3) is 0.467. The number of rotatable bonds is 4. The van der Waals surface area contributed by atoms with Crippen LogP contribution in [0.25, 0.3) is 10.9 Å². The predicted molar refractivity (Wildman–Crippen MR) is 78.8 cm³/mol. The first-order valence-corrected chi connectivity index (χ1v) is 7.18. The molecule has 0 bridgehead atoms. The van der Waals surface area contributed by atoms with Gasteiger partial charge < -0.3 is 9.88 Å². The molecule has 0 saturated carbocycles. The molecule has 1 aliphatic rings. The maximum Gasteiger partial charge on any atom is 0.270 e. The molecular formula is C15H19N3O2. The molecule has 106 valence electrons. The Kier molecular flexibility index (Phi) is 3.69. The second kappa shape index (κ2) is 5.63. The monoisotopic (exact) mass is 273 g/mol. The number of nitro groups is 1. The van der Waals surface area contributed by atoms with Gasteiger partial charge in [0.05, 0.1) is 4.92 Å². The number of benzene rings is 1. The molecule has 1 saturated heterocycles. The minimum Gasteiger partial charge on any atom is -0.347 e. The van der Waals surface area contributed by atoms with E-state index >= 15 is 0 Å². The zero-order valence-electron chi connectivity index (χ0n) is 11.4. The second-order valence-electron chi connectivity index (χ2n) is 5.49. The number of nitrogens with zero attached hydrogens (tertiary/aromatic N) is 2. The molecule has 0 radical (unpaired) electrons. The van der Waals surface area contributed by atoms with Crippen molar-refractivity contribution < 1.29 is 4.92 Å². The first-order valence-electron chi connectivity index (χ1n) is 7.18. The lowest BCUT2D eigenvalue weighted by Crippen LogP contribution is -2.28. The van der Waals surface area contributed by atoms with Gasteiger partial charge in [0.1, 0.15) is 0 Å². The van der Waals surface area contributed by atoms with Gasteiger partial charge in [0, 0.05) is 35.8 Å². The van der Waals surface area contributed by atoms with E-state index in [-0.39, 0.29) is 10.6 Å². The summed E-state index contributed by atoms with van der Waals surface area (Å²) in [5.74, 6) is 0.798. The molecule has 0 unspecified atom stereocenters. The van der Waals surface area contributed by atoms with Gasteiger partial charge in [0.25, 0.3) is 5.69 Å². The quantitative estimate of drug-likeness (QED) is 0.688. The third-order valence-electron chi connectivity index (χ3n) is 4.20. The summed E-state index contributed by atoms with van der Waals surface area (Å²) in [4.78, 5) is 10.4. The highest BCUT2D eigenvalue weighted by atomic mass is 16.6. The molecule has 5 heteroatoms. The highest BCUT2D eigenvalue weighted by molar-refractivity contribution is 5.82. The van der Waals surface area contributed by atoms with E-state index in [2.05, 4.69) is 9.88 Å². The Morgan fingerprint density at radius 3 is 2.85 bits per heavy atom. The van der Waals surface area contributed by atoms with Crippen molar-refractivity contribution in [2.24, 2.45) is 5.92 Å². The molecule has 1 N–H and O–H groups in total. The number of aryl methyl sites for hydroxylation is 1. The van der Waals surface area contributed by atoms with Gasteiger partial charge in [-0.05, 0) is 50.4 Å². The topological polar surface area (TPSA) is 60.1 Å². The summed E-state index contributed by atoms with van der Waals surface area (Å²) in [6.07, 6.45) is 5.73. The maximum atomic E-state index is 10.8. The van der Waals surface area contributed by atoms with Gasteiger partial charge in [0.2, 0.25) is 0 Å². The van der Waals surface area contributed by atoms with Crippen molar-refractivity contribution in [3.8, 4) is 0 Å². The zero-order valence-corrected chi connectivity index (χ0v) is 11.4. The van der Waals surface area contributed by atoms with E-state index in [9.17, 15) is 10.1 Å². The largest absolute Gasteiger partial charge is 0.347 e. The van der Waals surface area contributed by atoms with E-state index in [1.807, 2.05) is 18.3 Å². The summed E-state index contributed by atoms with van der Waals surface area (Å²) >= 11 is 0. The van der Waals surface area contributed by atoms with Crippen LogP contribution in [0.1, 0.15) is 19.3 Å². The number of hydrogen-bond donors (Lipinski definition) is 1. The van der Waals surface area contributed by atoms with Crippen molar-refractivity contribution in [2.45, 2.75) is 25.8 Å². The summed E-state index contributed by atoms with van der Waals surface area (Å²) < 4.78 is 2.21. The van der Waals surface area contributed by atoms with E-state index < -0.39 is 0 Å². The first-order chi connectivity index (χ1) is 9.74. The molecule has 20 heavy (non-hydrogen) atoms. The van der Waals surface area contributed by atoms with Gasteiger partial charge in [-0.1, -0.05) is 0 Å². The highest BCUT2D eigenvalue weighted by Crippen LogP contribution is 2.23. The van der Waals surface area contributed by atoms with Crippen LogP contribution in [0.5, 0.6) is 0 Å². The van der Waals surface area contributed by atoms with Crippen molar-refractivity contribution in [3.63, 3.8) is 0 Å². The van der Waals surface area contributed by atoms with Crippen LogP contribution in [-0.4, -0.2) is 22.6 Å². The van der Waals surface area contributed by atoms with Crippen LogP contribution < -0.4 is 5.32 Å². The van der Waals surface area contributed by atoms with Gasteiger partial charge >= 0.3 is 0 Å². The van der Waals surface area contributed by atoms with Crippen molar-refractivity contribution >= 4 is 16.6 Å². The molecule has 2 heterocycles. The molecule has 0 spiro atoms. The SMILES string of the molecule is O=[N+]([O-])c1ccc2c(ccn2CCC2CCNCC2)c1. The smallest absolute Gasteiger partial charge is 0.270 e. The predicted octanol–water partition coefficient (Wildman–Crippen LogP) is 2.94. The Bertz CT molecular complexity index is 615. The number of nitro benzene ring substituents is 1. The maximum absolute atomic E-state index is 10.8. The summed E-state index contributed by atoms with van der Waals surface area (Å²) in [5, 5.41) is 15.1. The number of hydrogen-bond acceptors (Lipinski definition) is 3. The molecule has 1 aliphatic heterocycles. The number of non-ortho nitro benzene ring substituents is 1. The summed E-state index contributed by atoms with van der Waals surface area (Å²) in [7, 11) is 0. The van der Waals surface area contributed by atoms with E-state index in [1.54, 1.807) is 12.1 Å². The number of fused-ring (bicyclic) bond motifs is 1. The number of piperidine rings is 1. The normalized spacial score (nSPS) is 16.6. The molecule has 0 atom stereocenters. The number of aromatic nitrogens is 1. The van der Waals surface area contributed by atoms with Crippen LogP contribution in [0.4, 0.5) is 5.69 Å². The lowest BCUT2D eigenvalue weighted by Gasteiger charge is -2.22. The fourth-order valence-corrected chi connectivity index (χ4v) is 2.99. The molecule has 5 nitrogen and oxygen atoms in total. The van der Waals surface area contributed by atoms with Gasteiger partial charge in [-0.3, -0.25) is 10.1 Å². The Morgan fingerprint density at radius 1 is 1.30 bits per heavy atom. The molecular weight excluding hydrogens is 254 g/mol. The van der Waals surface area contributed by atoms with Gasteiger partial charge in [0.15, 0.2) is 0 Å². The van der Waals surface area contributed by atoms with Gasteiger partial charge in [-0.15, -0.1) is 0 Å². The Balaban J connectivity index is 1.73. The third kappa shape index (κ3) is 2.67. The summed E-state index contributed by atoms with van der Waals surface area (Å²) in [5.41, 5.74) is 1.25. The van der Waals surface area contributed by atoms with Crippen LogP contribution in [0.2, 0.25) is 0 Å².